The van der Waals surface area contributed by atoms with Gasteiger partial charge in [-0.2, -0.15) is 4.31 Å². The molecule has 2 aliphatic heterocycles. The summed E-state index contributed by atoms with van der Waals surface area (Å²) in [5.74, 6) is -0.432. The number of sulfonamides is 1. The molecule has 1 aromatic rings. The molecule has 1 unspecified atom stereocenters. The second-order valence-corrected chi connectivity index (χ2v) is 11.8. The van der Waals surface area contributed by atoms with Crippen molar-refractivity contribution in [2.24, 2.45) is 5.92 Å². The largest absolute Gasteiger partial charge is 0.350 e. The highest BCUT2D eigenvalue weighted by atomic mass is 32.2. The maximum Gasteiger partial charge on any atom is 0.236 e. The fraction of sp³-hybridized carbons (Fsp3) is 0.526. The first kappa shape index (κ1) is 21.0. The molecule has 0 aromatic heterocycles. The van der Waals surface area contributed by atoms with E-state index in [1.165, 1.54) is 9.71 Å². The van der Waals surface area contributed by atoms with Crippen LogP contribution in [0.5, 0.6) is 0 Å². The number of piperidine rings is 1. The van der Waals surface area contributed by atoms with Crippen molar-refractivity contribution < 1.29 is 21.6 Å². The lowest BCUT2D eigenvalue weighted by Crippen LogP contribution is -2.51. The minimum absolute atomic E-state index is 0.0384. The summed E-state index contributed by atoms with van der Waals surface area (Å²) in [7, 11) is -6.64. The molecule has 7 nitrogen and oxygen atoms in total. The fourth-order valence-corrected chi connectivity index (χ4v) is 7.01. The molecule has 2 aliphatic rings. The number of rotatable bonds is 5. The first-order chi connectivity index (χ1) is 13.1. The van der Waals surface area contributed by atoms with Crippen LogP contribution >= 0.6 is 0 Å². The molecule has 1 atom stereocenters. The molecular weight excluding hydrogens is 400 g/mol. The van der Waals surface area contributed by atoms with E-state index in [0.717, 1.165) is 5.56 Å². The summed E-state index contributed by atoms with van der Waals surface area (Å²) >= 11 is 0. The van der Waals surface area contributed by atoms with Crippen LogP contribution in [0.2, 0.25) is 0 Å². The lowest BCUT2D eigenvalue weighted by atomic mass is 9.94. The van der Waals surface area contributed by atoms with Crippen LogP contribution < -0.4 is 5.32 Å². The smallest absolute Gasteiger partial charge is 0.236 e. The van der Waals surface area contributed by atoms with E-state index < -0.39 is 25.4 Å². The van der Waals surface area contributed by atoms with Gasteiger partial charge in [0.25, 0.3) is 0 Å². The quantitative estimate of drug-likeness (QED) is 0.767. The van der Waals surface area contributed by atoms with Gasteiger partial charge in [-0.15, -0.1) is 0 Å². The van der Waals surface area contributed by atoms with E-state index in [1.807, 2.05) is 30.3 Å². The van der Waals surface area contributed by atoms with Gasteiger partial charge in [-0.3, -0.25) is 4.79 Å². The first-order valence-electron chi connectivity index (χ1n) is 9.34. The number of amides is 1. The molecule has 0 aliphatic carbocycles. The zero-order valence-electron chi connectivity index (χ0n) is 15.9. The predicted molar refractivity (Wildman–Crippen MR) is 109 cm³/mol. The Balaban J connectivity index is 1.55. The van der Waals surface area contributed by atoms with Crippen LogP contribution in [-0.2, 0) is 24.7 Å². The number of nitrogens with zero attached hydrogens (tertiary/aromatic N) is 1. The van der Waals surface area contributed by atoms with E-state index in [0.29, 0.717) is 19.3 Å². The lowest BCUT2D eigenvalue weighted by Gasteiger charge is -2.32. The molecule has 154 valence electrons. The molecule has 1 aromatic carbocycles. The third kappa shape index (κ3) is 5.21. The van der Waals surface area contributed by atoms with E-state index >= 15 is 0 Å². The predicted octanol–water partition coefficient (Wildman–Crippen LogP) is 1.39. The summed E-state index contributed by atoms with van der Waals surface area (Å²) < 4.78 is 49.8. The molecule has 0 saturated carbocycles. The van der Waals surface area contributed by atoms with Crippen molar-refractivity contribution in [1.29, 1.82) is 0 Å². The van der Waals surface area contributed by atoms with Gasteiger partial charge in [-0.05, 0) is 37.8 Å². The molecule has 1 N–H and O–H groups in total. The SMILES string of the molecule is CC1(NC(=O)C2CCN(S(=O)(=O)C=Cc3ccccc3)CC2)CCS(=O)(=O)C1. The lowest BCUT2D eigenvalue weighted by molar-refractivity contribution is -0.127. The molecule has 3 rings (SSSR count). The maximum atomic E-state index is 12.5. The van der Waals surface area contributed by atoms with Crippen molar-refractivity contribution in [3.05, 3.63) is 41.3 Å². The number of hydrogen-bond donors (Lipinski definition) is 1. The van der Waals surface area contributed by atoms with Crippen molar-refractivity contribution >= 4 is 31.8 Å². The van der Waals surface area contributed by atoms with E-state index in [-0.39, 0.29) is 36.4 Å². The minimum Gasteiger partial charge on any atom is -0.350 e. The second-order valence-electron chi connectivity index (χ2n) is 7.82. The van der Waals surface area contributed by atoms with Gasteiger partial charge in [0.2, 0.25) is 15.9 Å². The summed E-state index contributed by atoms with van der Waals surface area (Å²) in [5, 5.41) is 4.08. The first-order valence-corrected chi connectivity index (χ1v) is 12.7. The van der Waals surface area contributed by atoms with E-state index in [4.69, 9.17) is 0 Å². The molecule has 2 heterocycles. The summed E-state index contributed by atoms with van der Waals surface area (Å²) in [6, 6.07) is 9.20. The molecule has 1 amide bonds. The van der Waals surface area contributed by atoms with Crippen LogP contribution in [0.15, 0.2) is 35.7 Å². The molecule has 0 radical (unpaired) electrons. The van der Waals surface area contributed by atoms with E-state index in [2.05, 4.69) is 5.32 Å². The number of carbonyl (C=O) groups excluding carboxylic acids is 1. The Bertz CT molecular complexity index is 949. The van der Waals surface area contributed by atoms with Crippen molar-refractivity contribution in [2.45, 2.75) is 31.7 Å². The van der Waals surface area contributed by atoms with Gasteiger partial charge >= 0.3 is 0 Å². The maximum absolute atomic E-state index is 12.5. The Morgan fingerprint density at radius 2 is 1.86 bits per heavy atom. The zero-order valence-corrected chi connectivity index (χ0v) is 17.5. The highest BCUT2D eigenvalue weighted by Crippen LogP contribution is 2.26. The minimum atomic E-state index is -3.54. The van der Waals surface area contributed by atoms with Crippen molar-refractivity contribution in [2.75, 3.05) is 24.6 Å². The van der Waals surface area contributed by atoms with Gasteiger partial charge in [-0.25, -0.2) is 16.8 Å². The van der Waals surface area contributed by atoms with E-state index in [1.54, 1.807) is 13.0 Å². The molecule has 0 spiro atoms. The molecule has 28 heavy (non-hydrogen) atoms. The molecule has 9 heteroatoms. The number of sulfone groups is 1. The Hall–Kier alpha value is -1.71. The van der Waals surface area contributed by atoms with Crippen LogP contribution in [-0.4, -0.2) is 57.2 Å². The number of benzene rings is 1. The topological polar surface area (TPSA) is 101 Å². The van der Waals surface area contributed by atoms with Crippen LogP contribution in [0.25, 0.3) is 6.08 Å². The number of carbonyl (C=O) groups is 1. The fourth-order valence-electron chi connectivity index (χ4n) is 3.70. The van der Waals surface area contributed by atoms with Crippen molar-refractivity contribution in [3.63, 3.8) is 0 Å². The summed E-state index contributed by atoms with van der Waals surface area (Å²) in [4.78, 5) is 12.5. The number of nitrogens with one attached hydrogen (secondary N) is 1. The standard InChI is InChI=1S/C19H26N2O5S2/c1-19(10-14-27(23,24)15-19)20-18(22)17-7-11-21(12-8-17)28(25,26)13-9-16-5-3-2-4-6-16/h2-6,9,13,17H,7-8,10-12,14-15H2,1H3,(H,20,22). The summed E-state index contributed by atoms with van der Waals surface area (Å²) in [5.41, 5.74) is 0.0810. The number of hydrogen-bond acceptors (Lipinski definition) is 5. The molecule has 2 saturated heterocycles. The Morgan fingerprint density at radius 1 is 1.21 bits per heavy atom. The molecule has 0 bridgehead atoms. The van der Waals surface area contributed by atoms with Gasteiger partial charge in [0.05, 0.1) is 17.0 Å². The Morgan fingerprint density at radius 3 is 2.43 bits per heavy atom. The van der Waals surface area contributed by atoms with Crippen molar-refractivity contribution in [1.82, 2.24) is 9.62 Å². The van der Waals surface area contributed by atoms with Crippen LogP contribution in [0, 0.1) is 5.92 Å². The average Bonchev–Trinajstić information content (AvgIpc) is 2.93. The second kappa shape index (κ2) is 7.96. The van der Waals surface area contributed by atoms with Crippen LogP contribution in [0.4, 0.5) is 0 Å². The third-order valence-electron chi connectivity index (χ3n) is 5.34. The normalized spacial score (nSPS) is 26.5. The monoisotopic (exact) mass is 426 g/mol. The van der Waals surface area contributed by atoms with Gasteiger partial charge < -0.3 is 5.32 Å². The average molecular weight is 427 g/mol. The summed E-state index contributed by atoms with van der Waals surface area (Å²) in [6.45, 7) is 2.30. The van der Waals surface area contributed by atoms with Crippen LogP contribution in [0.3, 0.4) is 0 Å². The van der Waals surface area contributed by atoms with Gasteiger partial charge in [0, 0.05) is 24.4 Å². The van der Waals surface area contributed by atoms with Gasteiger partial charge in [0.15, 0.2) is 9.84 Å². The molecule has 2 fully saturated rings. The highest BCUT2D eigenvalue weighted by Gasteiger charge is 2.41. The summed E-state index contributed by atoms with van der Waals surface area (Å²) in [6.07, 6.45) is 2.83. The Kier molecular flexibility index (Phi) is 5.97. The zero-order chi connectivity index (χ0) is 20.4. The highest BCUT2D eigenvalue weighted by molar-refractivity contribution is 7.92. The van der Waals surface area contributed by atoms with Crippen molar-refractivity contribution in [3.8, 4) is 0 Å². The molecular formula is C19H26N2O5S2. The van der Waals surface area contributed by atoms with E-state index in [9.17, 15) is 21.6 Å². The Labute approximate surface area is 166 Å². The van der Waals surface area contributed by atoms with Crippen LogP contribution in [0.1, 0.15) is 31.7 Å². The third-order valence-corrected chi connectivity index (χ3v) is 8.81. The van der Waals surface area contributed by atoms with Gasteiger partial charge in [0.1, 0.15) is 0 Å². The van der Waals surface area contributed by atoms with Gasteiger partial charge in [-0.1, -0.05) is 30.3 Å².